The molecule has 1 heterocycles. The summed E-state index contributed by atoms with van der Waals surface area (Å²) in [5.41, 5.74) is -2.05. The highest BCUT2D eigenvalue weighted by atomic mass is 35.5. The molecular weight excluding hydrogens is 578 g/mol. The third kappa shape index (κ3) is 8.46. The molecule has 0 spiro atoms. The fourth-order valence-electron chi connectivity index (χ4n) is 3.67. The van der Waals surface area contributed by atoms with Crippen LogP contribution >= 0.6 is 11.6 Å². The molecular formula is C29H31ClF2N2O6S. The molecule has 0 radical (unpaired) electrons. The number of carbonyl (C=O) groups is 2. The van der Waals surface area contributed by atoms with Gasteiger partial charge in [-0.15, -0.1) is 0 Å². The van der Waals surface area contributed by atoms with Crippen molar-refractivity contribution < 1.29 is 36.3 Å². The molecule has 0 bridgehead atoms. The second-order valence-electron chi connectivity index (χ2n) is 11.2. The van der Waals surface area contributed by atoms with E-state index in [1.54, 1.807) is 41.5 Å². The molecule has 1 unspecified atom stereocenters. The first-order valence-corrected chi connectivity index (χ1v) is 14.4. The van der Waals surface area contributed by atoms with Crippen LogP contribution in [-0.2, 0) is 25.9 Å². The monoisotopic (exact) mass is 608 g/mol. The number of carbonyl (C=O) groups excluding carboxylic acids is 2. The standard InChI is InChI=1S/C29H31ClF2N2O6S/c1-28(2,3)39-26(35)34(27(36)40-29(4,5)6)17-18-7-14-24(33-16-18)25(22-15-20(31)10-13-23(22)32)41(37,38)21-11-8-19(30)9-12-21/h7-16,25H,17H2,1-6H3. The van der Waals surface area contributed by atoms with Gasteiger partial charge in [0.05, 0.1) is 17.1 Å². The molecule has 3 rings (SSSR count). The van der Waals surface area contributed by atoms with Gasteiger partial charge in [-0.05, 0) is 95.6 Å². The Bertz CT molecular complexity index is 1490. The van der Waals surface area contributed by atoms with Gasteiger partial charge in [0.1, 0.15) is 28.1 Å². The molecule has 8 nitrogen and oxygen atoms in total. The lowest BCUT2D eigenvalue weighted by Crippen LogP contribution is -2.43. The minimum atomic E-state index is -4.35. The predicted molar refractivity (Wildman–Crippen MR) is 149 cm³/mol. The van der Waals surface area contributed by atoms with Crippen molar-refractivity contribution in [2.75, 3.05) is 0 Å². The first-order chi connectivity index (χ1) is 18.9. The second kappa shape index (κ2) is 12.1. The molecule has 41 heavy (non-hydrogen) atoms. The minimum absolute atomic E-state index is 0.116. The maximum Gasteiger partial charge on any atom is 0.420 e. The first kappa shape index (κ1) is 32.0. The lowest BCUT2D eigenvalue weighted by Gasteiger charge is -2.28. The van der Waals surface area contributed by atoms with Crippen LogP contribution in [0.25, 0.3) is 0 Å². The molecule has 0 N–H and O–H groups in total. The van der Waals surface area contributed by atoms with Crippen LogP contribution in [0.15, 0.2) is 65.7 Å². The number of amides is 2. The lowest BCUT2D eigenvalue weighted by atomic mass is 10.1. The van der Waals surface area contributed by atoms with Gasteiger partial charge in [-0.25, -0.2) is 31.7 Å². The van der Waals surface area contributed by atoms with Crippen LogP contribution in [0.4, 0.5) is 18.4 Å². The summed E-state index contributed by atoms with van der Waals surface area (Å²) >= 11 is 5.91. The largest absolute Gasteiger partial charge is 0.443 e. The summed E-state index contributed by atoms with van der Waals surface area (Å²) in [6, 6.07) is 10.5. The topological polar surface area (TPSA) is 103 Å². The maximum atomic E-state index is 14.9. The van der Waals surface area contributed by atoms with E-state index in [0.29, 0.717) is 10.6 Å². The Hall–Kier alpha value is -3.57. The highest BCUT2D eigenvalue weighted by Crippen LogP contribution is 2.36. The van der Waals surface area contributed by atoms with Crippen LogP contribution in [0.2, 0.25) is 5.02 Å². The number of benzene rings is 2. The third-order valence-electron chi connectivity index (χ3n) is 5.38. The molecule has 0 aliphatic heterocycles. The van der Waals surface area contributed by atoms with Gasteiger partial charge in [-0.2, -0.15) is 0 Å². The van der Waals surface area contributed by atoms with Crippen LogP contribution in [0.3, 0.4) is 0 Å². The van der Waals surface area contributed by atoms with Crippen molar-refractivity contribution in [2.45, 2.75) is 69.4 Å². The first-order valence-electron chi connectivity index (χ1n) is 12.5. The van der Waals surface area contributed by atoms with E-state index in [2.05, 4.69) is 4.98 Å². The number of sulfone groups is 1. The van der Waals surface area contributed by atoms with Crippen LogP contribution in [0, 0.1) is 11.6 Å². The summed E-state index contributed by atoms with van der Waals surface area (Å²) in [6.45, 7) is 9.52. The van der Waals surface area contributed by atoms with Crippen molar-refractivity contribution in [3.63, 3.8) is 0 Å². The quantitative estimate of drug-likeness (QED) is 0.290. The van der Waals surface area contributed by atoms with Gasteiger partial charge in [0, 0.05) is 16.8 Å². The average Bonchev–Trinajstić information content (AvgIpc) is 2.83. The Morgan fingerprint density at radius 2 is 1.46 bits per heavy atom. The number of halogens is 3. The number of rotatable bonds is 6. The Morgan fingerprint density at radius 3 is 1.95 bits per heavy atom. The van der Waals surface area contributed by atoms with Crippen molar-refractivity contribution in [1.82, 2.24) is 9.88 Å². The SMILES string of the molecule is CC(C)(C)OC(=O)N(Cc1ccc(C(c2cc(F)ccc2F)S(=O)(=O)c2ccc(Cl)cc2)nc1)C(=O)OC(C)(C)C. The normalized spacial score (nSPS) is 12.9. The highest BCUT2D eigenvalue weighted by Gasteiger charge is 2.35. The van der Waals surface area contributed by atoms with E-state index in [1.807, 2.05) is 0 Å². The van der Waals surface area contributed by atoms with E-state index >= 15 is 0 Å². The van der Waals surface area contributed by atoms with Crippen LogP contribution in [-0.4, -0.2) is 41.7 Å². The molecule has 0 saturated heterocycles. The molecule has 12 heteroatoms. The zero-order valence-electron chi connectivity index (χ0n) is 23.4. The average molecular weight is 609 g/mol. The number of pyridine rings is 1. The Balaban J connectivity index is 2.04. The van der Waals surface area contributed by atoms with Gasteiger partial charge in [-0.1, -0.05) is 17.7 Å². The molecule has 1 atom stereocenters. The molecule has 3 aromatic rings. The molecule has 220 valence electrons. The number of aromatic nitrogens is 1. The fraction of sp³-hybridized carbons (Fsp3) is 0.345. The van der Waals surface area contributed by atoms with Crippen LogP contribution < -0.4 is 0 Å². The van der Waals surface area contributed by atoms with E-state index in [0.717, 1.165) is 23.1 Å². The Morgan fingerprint density at radius 1 is 0.902 bits per heavy atom. The van der Waals surface area contributed by atoms with Gasteiger partial charge in [0.2, 0.25) is 0 Å². The van der Waals surface area contributed by atoms with E-state index in [9.17, 15) is 26.8 Å². The number of nitrogens with zero attached hydrogens (tertiary/aromatic N) is 2. The Labute approximate surface area is 243 Å². The second-order valence-corrected chi connectivity index (χ2v) is 13.7. The molecule has 2 aromatic carbocycles. The van der Waals surface area contributed by atoms with Gasteiger partial charge < -0.3 is 9.47 Å². The molecule has 0 fully saturated rings. The van der Waals surface area contributed by atoms with E-state index in [1.165, 1.54) is 42.6 Å². The number of hydrogen-bond donors (Lipinski definition) is 0. The molecule has 1 aromatic heterocycles. The van der Waals surface area contributed by atoms with Gasteiger partial charge >= 0.3 is 12.2 Å². The van der Waals surface area contributed by atoms with Crippen molar-refractivity contribution in [3.8, 4) is 0 Å². The minimum Gasteiger partial charge on any atom is -0.443 e. The summed E-state index contributed by atoms with van der Waals surface area (Å²) in [7, 11) is -4.35. The van der Waals surface area contributed by atoms with Crippen LogP contribution in [0.5, 0.6) is 0 Å². The fourth-order valence-corrected chi connectivity index (χ4v) is 5.55. The molecule has 0 saturated carbocycles. The molecule has 2 amide bonds. The number of hydrogen-bond acceptors (Lipinski definition) is 7. The highest BCUT2D eigenvalue weighted by molar-refractivity contribution is 7.91. The van der Waals surface area contributed by atoms with Crippen LogP contribution in [0.1, 0.15) is 63.6 Å². The smallest absolute Gasteiger partial charge is 0.420 e. The van der Waals surface area contributed by atoms with Gasteiger partial charge in [0.15, 0.2) is 9.84 Å². The van der Waals surface area contributed by atoms with Crippen molar-refractivity contribution in [1.29, 1.82) is 0 Å². The molecule has 0 aliphatic rings. The summed E-state index contributed by atoms with van der Waals surface area (Å²) in [4.78, 5) is 30.5. The van der Waals surface area contributed by atoms with E-state index in [4.69, 9.17) is 21.1 Å². The Kier molecular flexibility index (Phi) is 9.44. The summed E-state index contributed by atoms with van der Waals surface area (Å²) in [6.07, 6.45) is -0.680. The zero-order chi connectivity index (χ0) is 30.8. The summed E-state index contributed by atoms with van der Waals surface area (Å²) in [5.74, 6) is -1.78. The van der Waals surface area contributed by atoms with Crippen molar-refractivity contribution >= 4 is 33.6 Å². The summed E-state index contributed by atoms with van der Waals surface area (Å²) in [5, 5.41) is -1.43. The number of ether oxygens (including phenoxy) is 2. The number of imide groups is 1. The third-order valence-corrected chi connectivity index (χ3v) is 7.67. The molecule has 0 aliphatic carbocycles. The van der Waals surface area contributed by atoms with E-state index in [-0.39, 0.29) is 17.1 Å². The van der Waals surface area contributed by atoms with Crippen molar-refractivity contribution in [3.05, 3.63) is 94.3 Å². The van der Waals surface area contributed by atoms with Gasteiger partial charge in [0.25, 0.3) is 0 Å². The van der Waals surface area contributed by atoms with Crippen molar-refractivity contribution in [2.24, 2.45) is 0 Å². The van der Waals surface area contributed by atoms with E-state index < -0.39 is 55.7 Å². The summed E-state index contributed by atoms with van der Waals surface area (Å²) < 4.78 is 67.2. The lowest BCUT2D eigenvalue weighted by molar-refractivity contribution is -0.000270. The predicted octanol–water partition coefficient (Wildman–Crippen LogP) is 7.25. The maximum absolute atomic E-state index is 14.9. The zero-order valence-corrected chi connectivity index (χ0v) is 25.0. The van der Waals surface area contributed by atoms with Gasteiger partial charge in [-0.3, -0.25) is 4.98 Å².